The van der Waals surface area contributed by atoms with Crippen LogP contribution in [-0.4, -0.2) is 18.4 Å². The van der Waals surface area contributed by atoms with E-state index in [1.807, 2.05) is 18.2 Å². The second-order valence-corrected chi connectivity index (χ2v) is 5.18. The van der Waals surface area contributed by atoms with E-state index in [2.05, 4.69) is 11.8 Å². The van der Waals surface area contributed by atoms with Crippen LogP contribution in [0.5, 0.6) is 0 Å². The van der Waals surface area contributed by atoms with Gasteiger partial charge in [0, 0.05) is 5.56 Å². The second-order valence-electron chi connectivity index (χ2n) is 5.18. The highest BCUT2D eigenvalue weighted by Gasteiger charge is 2.50. The molecule has 0 aromatic heterocycles. The van der Waals surface area contributed by atoms with Crippen LogP contribution >= 0.6 is 0 Å². The van der Waals surface area contributed by atoms with Crippen molar-refractivity contribution in [2.45, 2.75) is 19.3 Å². The molecule has 1 aliphatic carbocycles. The molecule has 2 aliphatic rings. The number of carbonyl (C=O) groups excluding carboxylic acids is 2. The lowest BCUT2D eigenvalue weighted by Crippen LogP contribution is -2.32. The van der Waals surface area contributed by atoms with Crippen molar-refractivity contribution in [3.8, 4) is 11.8 Å². The summed E-state index contributed by atoms with van der Waals surface area (Å²) >= 11 is 0. The quantitative estimate of drug-likeness (QED) is 0.616. The number of nitrogens with zero attached hydrogens (tertiary/aromatic N) is 1. The molecule has 0 spiro atoms. The van der Waals surface area contributed by atoms with Gasteiger partial charge in [0.05, 0.1) is 24.1 Å². The third kappa shape index (κ3) is 1.91. The summed E-state index contributed by atoms with van der Waals surface area (Å²) in [6.45, 7) is 0.251. The maximum absolute atomic E-state index is 12.5. The fraction of sp³-hybridized carbons (Fsp3) is 0.375. The van der Waals surface area contributed by atoms with Crippen LogP contribution in [0.2, 0.25) is 0 Å². The second kappa shape index (κ2) is 5.10. The molecule has 1 saturated carbocycles. The minimum absolute atomic E-state index is 0.0699. The Morgan fingerprint density at radius 3 is 2.45 bits per heavy atom. The minimum atomic E-state index is -0.127. The number of nitrogens with two attached hydrogens (primary N) is 1. The molecule has 102 valence electrons. The van der Waals surface area contributed by atoms with Crippen molar-refractivity contribution in [1.29, 1.82) is 0 Å². The highest BCUT2D eigenvalue weighted by atomic mass is 16.2. The first-order valence-electron chi connectivity index (χ1n) is 6.90. The Balaban J connectivity index is 2.01. The van der Waals surface area contributed by atoms with E-state index in [4.69, 9.17) is 5.73 Å². The van der Waals surface area contributed by atoms with E-state index in [1.54, 1.807) is 6.07 Å². The molecule has 1 aromatic rings. The van der Waals surface area contributed by atoms with Gasteiger partial charge in [-0.05, 0) is 25.0 Å². The van der Waals surface area contributed by atoms with Gasteiger partial charge in [-0.15, -0.1) is 0 Å². The van der Waals surface area contributed by atoms with Crippen molar-refractivity contribution < 1.29 is 9.59 Å². The van der Waals surface area contributed by atoms with Gasteiger partial charge in [-0.3, -0.25) is 9.59 Å². The van der Waals surface area contributed by atoms with Crippen molar-refractivity contribution in [2.24, 2.45) is 17.6 Å². The van der Waals surface area contributed by atoms with Crippen LogP contribution in [0.15, 0.2) is 24.3 Å². The van der Waals surface area contributed by atoms with Crippen molar-refractivity contribution >= 4 is 17.5 Å². The molecule has 2 atom stereocenters. The number of fused-ring (bicyclic) bond motifs is 1. The number of benzene rings is 1. The number of hydrogen-bond donors (Lipinski definition) is 1. The Morgan fingerprint density at radius 2 is 1.80 bits per heavy atom. The van der Waals surface area contributed by atoms with Gasteiger partial charge in [-0.2, -0.15) is 0 Å². The molecule has 2 amide bonds. The lowest BCUT2D eigenvalue weighted by atomic mass is 10.00. The average Bonchev–Trinajstić information content (AvgIpc) is 3.02. The van der Waals surface area contributed by atoms with E-state index in [0.717, 1.165) is 19.3 Å². The Morgan fingerprint density at radius 1 is 1.15 bits per heavy atom. The predicted molar refractivity (Wildman–Crippen MR) is 75.7 cm³/mol. The van der Waals surface area contributed by atoms with E-state index >= 15 is 0 Å². The molecule has 1 heterocycles. The fourth-order valence-corrected chi connectivity index (χ4v) is 3.15. The van der Waals surface area contributed by atoms with E-state index in [1.165, 1.54) is 4.90 Å². The molecule has 2 unspecified atom stereocenters. The molecule has 2 fully saturated rings. The van der Waals surface area contributed by atoms with Gasteiger partial charge < -0.3 is 5.73 Å². The van der Waals surface area contributed by atoms with E-state index < -0.39 is 0 Å². The van der Waals surface area contributed by atoms with Gasteiger partial charge in [-0.1, -0.05) is 30.4 Å². The van der Waals surface area contributed by atoms with E-state index in [-0.39, 0.29) is 30.2 Å². The van der Waals surface area contributed by atoms with Crippen molar-refractivity contribution in [3.05, 3.63) is 29.8 Å². The van der Waals surface area contributed by atoms with Gasteiger partial charge in [0.25, 0.3) is 0 Å². The molecule has 1 aliphatic heterocycles. The molecule has 2 N–H and O–H groups in total. The summed E-state index contributed by atoms with van der Waals surface area (Å²) in [6, 6.07) is 7.25. The van der Waals surface area contributed by atoms with Crippen LogP contribution in [0, 0.1) is 23.7 Å². The third-order valence-corrected chi connectivity index (χ3v) is 4.06. The minimum Gasteiger partial charge on any atom is -0.320 e. The Labute approximate surface area is 117 Å². The number of amides is 2. The topological polar surface area (TPSA) is 63.4 Å². The number of para-hydroxylation sites is 1. The predicted octanol–water partition coefficient (Wildman–Crippen LogP) is 1.29. The largest absolute Gasteiger partial charge is 0.320 e. The first-order valence-corrected chi connectivity index (χ1v) is 6.90. The van der Waals surface area contributed by atoms with Gasteiger partial charge in [0.2, 0.25) is 11.8 Å². The van der Waals surface area contributed by atoms with Crippen LogP contribution in [0.3, 0.4) is 0 Å². The fourth-order valence-electron chi connectivity index (χ4n) is 3.15. The first kappa shape index (κ1) is 12.9. The molecule has 0 bridgehead atoms. The maximum atomic E-state index is 12.5. The number of carbonyl (C=O) groups is 2. The lowest BCUT2D eigenvalue weighted by Gasteiger charge is -2.17. The normalized spacial score (nSPS) is 24.6. The SMILES string of the molecule is NCC#Cc1ccccc1N1C(=O)C2CCCC2C1=O. The highest BCUT2D eigenvalue weighted by molar-refractivity contribution is 6.22. The zero-order valence-corrected chi connectivity index (χ0v) is 11.1. The Kier molecular flexibility index (Phi) is 3.29. The zero-order valence-electron chi connectivity index (χ0n) is 11.1. The van der Waals surface area contributed by atoms with Crippen LogP contribution in [0.1, 0.15) is 24.8 Å². The summed E-state index contributed by atoms with van der Waals surface area (Å²) in [4.78, 5) is 26.2. The zero-order chi connectivity index (χ0) is 14.1. The van der Waals surface area contributed by atoms with E-state index in [9.17, 15) is 9.59 Å². The average molecular weight is 268 g/mol. The molecule has 4 nitrogen and oxygen atoms in total. The number of imide groups is 1. The Hall–Kier alpha value is -2.12. The van der Waals surface area contributed by atoms with Crippen LogP contribution in [0.25, 0.3) is 0 Å². The van der Waals surface area contributed by atoms with Gasteiger partial charge >= 0.3 is 0 Å². The molecule has 3 rings (SSSR count). The molecule has 1 saturated heterocycles. The number of rotatable bonds is 1. The molecule has 4 heteroatoms. The van der Waals surface area contributed by atoms with Gasteiger partial charge in [0.1, 0.15) is 0 Å². The summed E-state index contributed by atoms with van der Waals surface area (Å²) in [5, 5.41) is 0. The first-order chi connectivity index (χ1) is 9.74. The summed E-state index contributed by atoms with van der Waals surface area (Å²) in [5.41, 5.74) is 6.66. The highest BCUT2D eigenvalue weighted by Crippen LogP contribution is 2.42. The van der Waals surface area contributed by atoms with Gasteiger partial charge in [-0.25, -0.2) is 4.90 Å². The summed E-state index contributed by atoms with van der Waals surface area (Å²) in [6.07, 6.45) is 2.61. The van der Waals surface area contributed by atoms with Crippen LogP contribution in [0.4, 0.5) is 5.69 Å². The smallest absolute Gasteiger partial charge is 0.237 e. The standard InChI is InChI=1S/C16H16N2O2/c17-10-4-6-11-5-1-2-9-14(11)18-15(19)12-7-3-8-13(12)16(18)20/h1-2,5,9,12-13H,3,7-8,10,17H2. The van der Waals surface area contributed by atoms with Gasteiger partial charge in [0.15, 0.2) is 0 Å². The number of anilines is 1. The molecule has 20 heavy (non-hydrogen) atoms. The number of hydrogen-bond acceptors (Lipinski definition) is 3. The van der Waals surface area contributed by atoms with Crippen LogP contribution < -0.4 is 10.6 Å². The summed E-state index contributed by atoms with van der Waals surface area (Å²) < 4.78 is 0. The lowest BCUT2D eigenvalue weighted by molar-refractivity contribution is -0.122. The Bertz CT molecular complexity index is 605. The van der Waals surface area contributed by atoms with Crippen LogP contribution in [-0.2, 0) is 9.59 Å². The molecular weight excluding hydrogens is 252 g/mol. The monoisotopic (exact) mass is 268 g/mol. The van der Waals surface area contributed by atoms with Crippen molar-refractivity contribution in [3.63, 3.8) is 0 Å². The van der Waals surface area contributed by atoms with Crippen molar-refractivity contribution in [1.82, 2.24) is 0 Å². The summed E-state index contributed by atoms with van der Waals surface area (Å²) in [7, 11) is 0. The molecular formula is C16H16N2O2. The van der Waals surface area contributed by atoms with E-state index in [0.29, 0.717) is 11.3 Å². The molecule has 0 radical (unpaired) electrons. The van der Waals surface area contributed by atoms with Crippen molar-refractivity contribution in [2.75, 3.05) is 11.4 Å². The third-order valence-electron chi connectivity index (χ3n) is 4.06. The maximum Gasteiger partial charge on any atom is 0.237 e. The molecule has 1 aromatic carbocycles. The summed E-state index contributed by atoms with van der Waals surface area (Å²) in [5.74, 6) is 5.32.